The first-order valence-electron chi connectivity index (χ1n) is 30.7. The van der Waals surface area contributed by atoms with Crippen LogP contribution in [0.3, 0.4) is 0 Å². The molecular formula is C60H120NO8P. The van der Waals surface area contributed by atoms with Gasteiger partial charge >= 0.3 is 11.9 Å². The Labute approximate surface area is 435 Å². The first-order chi connectivity index (χ1) is 34.0. The van der Waals surface area contributed by atoms with Crippen molar-refractivity contribution in [2.24, 2.45) is 0 Å². The molecule has 9 nitrogen and oxygen atoms in total. The fraction of sp³-hybridized carbons (Fsp3) is 0.967. The molecule has 0 aliphatic carbocycles. The van der Waals surface area contributed by atoms with Crippen molar-refractivity contribution < 1.29 is 42.1 Å². The van der Waals surface area contributed by atoms with Gasteiger partial charge in [-0.1, -0.05) is 296 Å². The van der Waals surface area contributed by atoms with Crippen LogP contribution < -0.4 is 4.89 Å². The number of nitrogens with zero attached hydrogens (tertiary/aromatic N) is 1. The fourth-order valence-corrected chi connectivity index (χ4v) is 10.1. The van der Waals surface area contributed by atoms with Crippen LogP contribution in [-0.2, 0) is 32.7 Å². The Kier molecular flexibility index (Phi) is 52.1. The van der Waals surface area contributed by atoms with E-state index >= 15 is 0 Å². The third-order valence-electron chi connectivity index (χ3n) is 14.1. The first kappa shape index (κ1) is 69.0. The maximum absolute atomic E-state index is 12.8. The molecule has 0 fully saturated rings. The van der Waals surface area contributed by atoms with Gasteiger partial charge in [-0.25, -0.2) is 0 Å². The molecule has 2 atom stereocenters. The molecule has 0 radical (unpaired) electrons. The minimum Gasteiger partial charge on any atom is -0.756 e. The van der Waals surface area contributed by atoms with Crippen LogP contribution >= 0.6 is 7.82 Å². The molecule has 0 aliphatic rings. The topological polar surface area (TPSA) is 111 Å². The molecule has 0 saturated heterocycles. The molecule has 70 heavy (non-hydrogen) atoms. The summed E-state index contributed by atoms with van der Waals surface area (Å²) < 4.78 is 34.2. The number of quaternary nitrogens is 1. The lowest BCUT2D eigenvalue weighted by atomic mass is 10.0. The number of carbonyl (C=O) groups is 2. The standard InChI is InChI=1S/C60H120NO8P/c1-6-8-10-12-14-16-18-20-22-24-26-28-29-30-31-32-33-35-37-39-41-43-45-47-49-51-53-60(63)69-58(57-68-70(64,65)67-55-54-61(3,4)5)56-66-59(62)52-50-48-46-44-42-40-38-36-34-27-25-23-21-19-17-15-13-11-9-7-2/h58H,6-57H2,1-5H3. The van der Waals surface area contributed by atoms with Crippen LogP contribution in [0.5, 0.6) is 0 Å². The van der Waals surface area contributed by atoms with Crippen LogP contribution in [0.25, 0.3) is 0 Å². The molecule has 2 unspecified atom stereocenters. The summed E-state index contributed by atoms with van der Waals surface area (Å²) in [6.45, 7) is 4.32. The fourth-order valence-electron chi connectivity index (χ4n) is 9.37. The van der Waals surface area contributed by atoms with E-state index in [4.69, 9.17) is 18.5 Å². The van der Waals surface area contributed by atoms with Gasteiger partial charge in [-0.2, -0.15) is 0 Å². The van der Waals surface area contributed by atoms with E-state index in [-0.39, 0.29) is 32.0 Å². The number of hydrogen-bond donors (Lipinski definition) is 0. The Bertz CT molecular complexity index is 1150. The van der Waals surface area contributed by atoms with Crippen LogP contribution in [0, 0.1) is 0 Å². The molecule has 0 N–H and O–H groups in total. The first-order valence-corrected chi connectivity index (χ1v) is 32.2. The van der Waals surface area contributed by atoms with Crippen LogP contribution in [0.2, 0.25) is 0 Å². The molecule has 0 aromatic carbocycles. The highest BCUT2D eigenvalue weighted by Crippen LogP contribution is 2.38. The summed E-state index contributed by atoms with van der Waals surface area (Å²) in [5.41, 5.74) is 0. The van der Waals surface area contributed by atoms with Crippen molar-refractivity contribution in [3.8, 4) is 0 Å². The summed E-state index contributed by atoms with van der Waals surface area (Å²) in [6.07, 6.45) is 60.1. The monoisotopic (exact) mass is 1010 g/mol. The Morgan fingerprint density at radius 3 is 0.914 bits per heavy atom. The summed E-state index contributed by atoms with van der Waals surface area (Å²) in [7, 11) is 1.19. The van der Waals surface area contributed by atoms with Gasteiger partial charge in [0.05, 0.1) is 27.7 Å². The summed E-state index contributed by atoms with van der Waals surface area (Å²) in [5, 5.41) is 0. The zero-order valence-electron chi connectivity index (χ0n) is 47.5. The highest BCUT2D eigenvalue weighted by molar-refractivity contribution is 7.45. The van der Waals surface area contributed by atoms with E-state index in [1.54, 1.807) is 0 Å². The number of unbranched alkanes of at least 4 members (excludes halogenated alkanes) is 44. The molecule has 418 valence electrons. The summed E-state index contributed by atoms with van der Waals surface area (Å²) in [4.78, 5) is 37.9. The smallest absolute Gasteiger partial charge is 0.306 e. The Morgan fingerprint density at radius 1 is 0.386 bits per heavy atom. The molecule has 0 aromatic heterocycles. The van der Waals surface area contributed by atoms with E-state index in [0.717, 1.165) is 32.1 Å². The Hall–Kier alpha value is -0.990. The molecule has 0 spiro atoms. The average Bonchev–Trinajstić information content (AvgIpc) is 3.32. The number of esters is 2. The second-order valence-electron chi connectivity index (χ2n) is 22.4. The van der Waals surface area contributed by atoms with Gasteiger partial charge in [0.2, 0.25) is 0 Å². The molecule has 0 rings (SSSR count). The van der Waals surface area contributed by atoms with Gasteiger partial charge in [0, 0.05) is 12.8 Å². The molecule has 0 heterocycles. The van der Waals surface area contributed by atoms with E-state index in [9.17, 15) is 19.0 Å². The van der Waals surface area contributed by atoms with Gasteiger partial charge in [0.25, 0.3) is 7.82 Å². The third kappa shape index (κ3) is 56.3. The maximum atomic E-state index is 12.8. The van der Waals surface area contributed by atoms with Crippen molar-refractivity contribution in [1.29, 1.82) is 0 Å². The maximum Gasteiger partial charge on any atom is 0.306 e. The average molecular weight is 1010 g/mol. The molecule has 0 bridgehead atoms. The summed E-state index contributed by atoms with van der Waals surface area (Å²) in [6, 6.07) is 0. The molecule has 10 heteroatoms. The number of phosphoric ester groups is 1. The van der Waals surface area contributed by atoms with Crippen LogP contribution in [0.1, 0.15) is 322 Å². The van der Waals surface area contributed by atoms with E-state index in [1.807, 2.05) is 21.1 Å². The van der Waals surface area contributed by atoms with Gasteiger partial charge in [-0.15, -0.1) is 0 Å². The molecule has 0 saturated carbocycles. The lowest BCUT2D eigenvalue weighted by molar-refractivity contribution is -0.870. The van der Waals surface area contributed by atoms with Crippen molar-refractivity contribution in [3.63, 3.8) is 0 Å². The number of carbonyl (C=O) groups excluding carboxylic acids is 2. The molecular weight excluding hydrogens is 894 g/mol. The van der Waals surface area contributed by atoms with Gasteiger partial charge in [0.15, 0.2) is 6.10 Å². The highest BCUT2D eigenvalue weighted by Gasteiger charge is 2.22. The largest absolute Gasteiger partial charge is 0.756 e. The van der Waals surface area contributed by atoms with Gasteiger partial charge < -0.3 is 27.9 Å². The van der Waals surface area contributed by atoms with Crippen molar-refractivity contribution in [2.75, 3.05) is 47.5 Å². The minimum atomic E-state index is -4.63. The second kappa shape index (κ2) is 52.9. The molecule has 0 amide bonds. The predicted molar refractivity (Wildman–Crippen MR) is 296 cm³/mol. The highest BCUT2D eigenvalue weighted by atomic mass is 31.2. The summed E-state index contributed by atoms with van der Waals surface area (Å²) >= 11 is 0. The number of likely N-dealkylation sites (N-methyl/N-ethyl adjacent to an activating group) is 1. The van der Waals surface area contributed by atoms with E-state index in [0.29, 0.717) is 17.4 Å². The van der Waals surface area contributed by atoms with E-state index in [2.05, 4.69) is 13.8 Å². The quantitative estimate of drug-likeness (QED) is 0.0256. The van der Waals surface area contributed by atoms with Gasteiger partial charge in [-0.05, 0) is 12.8 Å². The van der Waals surface area contributed by atoms with Crippen LogP contribution in [0.4, 0.5) is 0 Å². The van der Waals surface area contributed by atoms with Gasteiger partial charge in [-0.3, -0.25) is 14.2 Å². The van der Waals surface area contributed by atoms with Crippen molar-refractivity contribution in [3.05, 3.63) is 0 Å². The van der Waals surface area contributed by atoms with Crippen molar-refractivity contribution in [1.82, 2.24) is 0 Å². The van der Waals surface area contributed by atoms with E-state index < -0.39 is 26.5 Å². The zero-order chi connectivity index (χ0) is 51.3. The Balaban J connectivity index is 4.06. The van der Waals surface area contributed by atoms with Crippen molar-refractivity contribution >= 4 is 19.8 Å². The number of rotatable bonds is 58. The third-order valence-corrected chi connectivity index (χ3v) is 15.1. The Morgan fingerprint density at radius 2 is 0.643 bits per heavy atom. The lowest BCUT2D eigenvalue weighted by Gasteiger charge is -2.28. The van der Waals surface area contributed by atoms with Crippen LogP contribution in [0.15, 0.2) is 0 Å². The number of ether oxygens (including phenoxy) is 2. The minimum absolute atomic E-state index is 0.0250. The summed E-state index contributed by atoms with van der Waals surface area (Å²) in [5.74, 6) is -0.807. The van der Waals surface area contributed by atoms with E-state index in [1.165, 1.54) is 257 Å². The SMILES string of the molecule is CCCCCCCCCCCCCCCCCCCCCCCCCCCCC(=O)OC(COC(=O)CCCCCCCCCCCCCCCCCCCCCC)COP(=O)([O-])OCC[N+](C)(C)C. The predicted octanol–water partition coefficient (Wildman–Crippen LogP) is 18.4. The number of hydrogen-bond acceptors (Lipinski definition) is 8. The zero-order valence-corrected chi connectivity index (χ0v) is 48.4. The van der Waals surface area contributed by atoms with Crippen molar-refractivity contribution in [2.45, 2.75) is 328 Å². The molecule has 0 aliphatic heterocycles. The number of phosphoric acid groups is 1. The normalized spacial score (nSPS) is 13.2. The van der Waals surface area contributed by atoms with Crippen LogP contribution in [-0.4, -0.2) is 70.0 Å². The van der Waals surface area contributed by atoms with Gasteiger partial charge in [0.1, 0.15) is 19.8 Å². The second-order valence-corrected chi connectivity index (χ2v) is 23.9. The molecule has 0 aromatic rings. The lowest BCUT2D eigenvalue weighted by Crippen LogP contribution is -2.37.